The molecule has 4 fully saturated rings. The lowest BCUT2D eigenvalue weighted by molar-refractivity contribution is -0.133. The average Bonchev–Trinajstić information content (AvgIpc) is 4.22. The normalized spacial score (nSPS) is 20.3. The zero-order valence-corrected chi connectivity index (χ0v) is 43.9. The van der Waals surface area contributed by atoms with Crippen molar-refractivity contribution >= 4 is 61.0 Å². The number of nitrogens with one attached hydrogen (secondary N) is 2. The van der Waals surface area contributed by atoms with E-state index in [4.69, 9.17) is 18.9 Å². The van der Waals surface area contributed by atoms with Crippen LogP contribution in [0.15, 0.2) is 110 Å². The molecule has 0 radical (unpaired) electrons. The van der Waals surface area contributed by atoms with E-state index in [1.807, 2.05) is 85.7 Å². The Kier molecular flexibility index (Phi) is 14.8. The fourth-order valence-corrected chi connectivity index (χ4v) is 12.4. The maximum Gasteiger partial charge on any atom is 0.169 e. The van der Waals surface area contributed by atoms with Crippen molar-refractivity contribution in [1.29, 1.82) is 0 Å². The molecule has 4 aliphatic heterocycles. The summed E-state index contributed by atoms with van der Waals surface area (Å²) in [5, 5.41) is 4.44. The summed E-state index contributed by atoms with van der Waals surface area (Å²) in [7, 11) is 3.37. The first kappa shape index (κ1) is 49.8. The molecule has 12 rings (SSSR count). The van der Waals surface area contributed by atoms with Gasteiger partial charge in [0.25, 0.3) is 0 Å². The minimum absolute atomic E-state index is 0.285. The molecule has 10 heterocycles. The second kappa shape index (κ2) is 22.7. The van der Waals surface area contributed by atoms with Gasteiger partial charge in [0.1, 0.15) is 23.0 Å². The third-order valence-corrected chi connectivity index (χ3v) is 16.6. The highest BCUT2D eigenvalue weighted by Gasteiger charge is 2.41. The predicted octanol–water partition coefficient (Wildman–Crippen LogP) is 7.39. The molecule has 0 spiro atoms. The van der Waals surface area contributed by atoms with Crippen molar-refractivity contribution in [2.24, 2.45) is 11.8 Å². The Morgan fingerprint density at radius 2 is 0.961 bits per heavy atom. The van der Waals surface area contributed by atoms with Crippen molar-refractivity contribution in [2.45, 2.75) is 37.8 Å². The number of H-pyrrole nitrogens is 2. The summed E-state index contributed by atoms with van der Waals surface area (Å²) in [6.45, 7) is 12.8. The highest BCUT2D eigenvalue weighted by atomic mass is 16.5. The van der Waals surface area contributed by atoms with Crippen molar-refractivity contribution in [3.63, 3.8) is 0 Å². The van der Waals surface area contributed by atoms with Gasteiger partial charge in [-0.05, 0) is 112 Å². The molecule has 0 aliphatic carbocycles. The van der Waals surface area contributed by atoms with Crippen molar-refractivity contribution in [3.05, 3.63) is 110 Å². The van der Waals surface area contributed by atoms with Crippen LogP contribution >= 0.6 is 0 Å². The molecule has 17 nitrogen and oxygen atoms in total. The summed E-state index contributed by atoms with van der Waals surface area (Å²) < 4.78 is 23.7. The molecule has 4 aliphatic rings. The standard InChI is InChI=1S/C59H70N12O5/c1-73-43-7-11-45(12-8-43)75-39-41-5-3-23-70(35-41)53(37-66-25-29-68(30-26-66)51-17-21-60-49-33-64-58-47(55(49)51)15-19-62-58)57(72)54(71-24-4-6-42(36-71)40-76-46-13-9-44(74-2)10-14-46)38-67-27-31-69(32-28-67)52-18-22-61-50-34-65-59-48(56(50)52)16-20-63-59/h7-22,33-34,41-42,53-54,60-61H,3-6,23-32,35-40H2,1-2H3. The number of carbonyl (C=O) groups excluding carboxylic acids is 1. The molecule has 2 aromatic carbocycles. The van der Waals surface area contributed by atoms with Crippen molar-refractivity contribution in [3.8, 4) is 23.0 Å². The number of fused-ring (bicyclic) bond motifs is 6. The molecule has 4 atom stereocenters. The highest BCUT2D eigenvalue weighted by Crippen LogP contribution is 2.35. The average molecular weight is 1030 g/mol. The van der Waals surface area contributed by atoms with Gasteiger partial charge >= 0.3 is 0 Å². The van der Waals surface area contributed by atoms with Gasteiger partial charge in [0.05, 0.1) is 62.9 Å². The van der Waals surface area contributed by atoms with Gasteiger partial charge < -0.3 is 38.7 Å². The Morgan fingerprint density at radius 3 is 1.38 bits per heavy atom. The summed E-state index contributed by atoms with van der Waals surface area (Å²) >= 11 is 0. The van der Waals surface area contributed by atoms with Crippen LogP contribution in [-0.2, 0) is 4.79 Å². The van der Waals surface area contributed by atoms with Crippen LogP contribution in [0, 0.1) is 11.8 Å². The van der Waals surface area contributed by atoms with Gasteiger partial charge in [-0.3, -0.25) is 24.4 Å². The number of piperazine rings is 2. The molecule has 2 N–H and O–H groups in total. The topological polar surface area (TPSA) is 157 Å². The number of hydrogen-bond acceptors (Lipinski definition) is 15. The quantitative estimate of drug-likeness (QED) is 0.0877. The van der Waals surface area contributed by atoms with Crippen LogP contribution in [0.5, 0.6) is 23.0 Å². The summed E-state index contributed by atoms with van der Waals surface area (Å²) in [6.07, 6.45) is 15.7. The van der Waals surface area contributed by atoms with Crippen LogP contribution in [0.1, 0.15) is 25.7 Å². The molecule has 6 aromatic heterocycles. The Morgan fingerprint density at radius 1 is 0.539 bits per heavy atom. The SMILES string of the molecule is COc1ccc(OCC2CCCN(C(CN3CCN(c4cc[nH]c5cnc6nccc6c45)CC3)C(=O)C(CN3CCN(c4cc[nH]c5cnc6nccc6c45)CC3)N3CCCC(COc4ccc(OC)cc4)C3)C2)cc1. The van der Waals surface area contributed by atoms with E-state index in [1.165, 1.54) is 11.4 Å². The second-order valence-corrected chi connectivity index (χ2v) is 21.2. The minimum atomic E-state index is -0.285. The van der Waals surface area contributed by atoms with Crippen molar-refractivity contribution in [1.82, 2.24) is 49.5 Å². The van der Waals surface area contributed by atoms with E-state index >= 15 is 4.79 Å². The van der Waals surface area contributed by atoms with E-state index in [1.54, 1.807) is 14.2 Å². The zero-order valence-electron chi connectivity index (χ0n) is 43.9. The molecule has 8 aromatic rings. The molecule has 76 heavy (non-hydrogen) atoms. The monoisotopic (exact) mass is 1030 g/mol. The van der Waals surface area contributed by atoms with Gasteiger partial charge in [0, 0.05) is 148 Å². The largest absolute Gasteiger partial charge is 0.497 e. The van der Waals surface area contributed by atoms with Crippen LogP contribution < -0.4 is 28.7 Å². The fourth-order valence-electron chi connectivity index (χ4n) is 12.4. The van der Waals surface area contributed by atoms with Gasteiger partial charge in [-0.15, -0.1) is 0 Å². The van der Waals surface area contributed by atoms with Gasteiger partial charge in [0.15, 0.2) is 17.1 Å². The number of likely N-dealkylation sites (tertiary alicyclic amines) is 2. The number of aromatic nitrogens is 6. The number of piperidine rings is 2. The molecule has 4 saturated heterocycles. The third-order valence-electron chi connectivity index (χ3n) is 16.6. The van der Waals surface area contributed by atoms with Crippen molar-refractivity contribution in [2.75, 3.05) is 129 Å². The van der Waals surface area contributed by atoms with Crippen LogP contribution in [0.25, 0.3) is 43.9 Å². The number of benzene rings is 2. The number of nitrogens with zero attached hydrogens (tertiary/aromatic N) is 10. The molecule has 396 valence electrons. The van der Waals surface area contributed by atoms with Gasteiger partial charge in [-0.1, -0.05) is 0 Å². The lowest BCUT2D eigenvalue weighted by Crippen LogP contribution is -2.62. The summed E-state index contributed by atoms with van der Waals surface area (Å²) in [5.74, 6) is 4.20. The Labute approximate surface area is 444 Å². The Bertz CT molecular complexity index is 3010. The number of anilines is 2. The lowest BCUT2D eigenvalue weighted by atomic mass is 9.91. The fraction of sp³-hybridized carbons (Fsp3) is 0.441. The number of aromatic amines is 2. The van der Waals surface area contributed by atoms with E-state index in [0.29, 0.717) is 32.1 Å². The molecule has 0 saturated carbocycles. The van der Waals surface area contributed by atoms with Gasteiger partial charge in [-0.2, -0.15) is 0 Å². The van der Waals surface area contributed by atoms with Crippen LogP contribution in [0.2, 0.25) is 0 Å². The van der Waals surface area contributed by atoms with Gasteiger partial charge in [-0.25, -0.2) is 19.9 Å². The molecule has 4 unspecified atom stereocenters. The first-order valence-corrected chi connectivity index (χ1v) is 27.4. The Hall–Kier alpha value is -7.05. The number of pyridine rings is 4. The van der Waals surface area contributed by atoms with Crippen LogP contribution in [-0.4, -0.2) is 186 Å². The van der Waals surface area contributed by atoms with Crippen LogP contribution in [0.4, 0.5) is 11.4 Å². The minimum Gasteiger partial charge on any atom is -0.497 e. The van der Waals surface area contributed by atoms with Crippen LogP contribution in [0.3, 0.4) is 0 Å². The second-order valence-electron chi connectivity index (χ2n) is 21.2. The van der Waals surface area contributed by atoms with E-state index in [2.05, 4.69) is 83.6 Å². The lowest BCUT2D eigenvalue weighted by Gasteiger charge is -2.46. The third kappa shape index (κ3) is 10.7. The number of carbonyl (C=O) groups is 1. The molecular formula is C59H70N12O5. The predicted molar refractivity (Wildman–Crippen MR) is 298 cm³/mol. The number of methoxy groups -OCH3 is 2. The maximum absolute atomic E-state index is 16.3. The first-order valence-electron chi connectivity index (χ1n) is 27.4. The number of ether oxygens (including phenoxy) is 4. The maximum atomic E-state index is 16.3. The van der Waals surface area contributed by atoms with E-state index < -0.39 is 0 Å². The summed E-state index contributed by atoms with van der Waals surface area (Å²) in [5.41, 5.74) is 5.93. The number of Topliss-reactive ketones (excluding diaryl/α,β-unsaturated/α-hetero) is 1. The first-order chi connectivity index (χ1) is 37.4. The van der Waals surface area contributed by atoms with Gasteiger partial charge in [0.2, 0.25) is 0 Å². The number of hydrogen-bond donors (Lipinski definition) is 2. The van der Waals surface area contributed by atoms with E-state index in [9.17, 15) is 0 Å². The number of ketones is 1. The van der Waals surface area contributed by atoms with Crippen molar-refractivity contribution < 1.29 is 23.7 Å². The molecule has 0 bridgehead atoms. The smallest absolute Gasteiger partial charge is 0.169 e. The zero-order chi connectivity index (χ0) is 51.4. The number of rotatable bonds is 18. The van der Waals surface area contributed by atoms with E-state index in [0.717, 1.165) is 171 Å². The Balaban J connectivity index is 0.808. The molecule has 0 amide bonds. The molecule has 17 heteroatoms. The van der Waals surface area contributed by atoms with E-state index in [-0.39, 0.29) is 23.9 Å². The highest BCUT2D eigenvalue weighted by molar-refractivity contribution is 6.11. The summed E-state index contributed by atoms with van der Waals surface area (Å²) in [6, 6.07) is 23.7. The molecular weight excluding hydrogens is 957 g/mol. The summed E-state index contributed by atoms with van der Waals surface area (Å²) in [4.78, 5) is 56.6.